The predicted octanol–water partition coefficient (Wildman–Crippen LogP) is 3.50. The van der Waals surface area contributed by atoms with Crippen molar-refractivity contribution < 1.29 is 9.18 Å². The summed E-state index contributed by atoms with van der Waals surface area (Å²) in [6.07, 6.45) is 5.14. The van der Waals surface area contributed by atoms with E-state index in [1.54, 1.807) is 6.33 Å². The Morgan fingerprint density at radius 1 is 1.44 bits per heavy atom. The van der Waals surface area contributed by atoms with Gasteiger partial charge in [-0.15, -0.1) is 10.2 Å². The fraction of sp³-hybridized carbons (Fsp3) is 0.500. The van der Waals surface area contributed by atoms with E-state index in [0.717, 1.165) is 25.2 Å². The number of aryl methyl sites for hydroxylation is 1. The average Bonchev–Trinajstić information content (AvgIpc) is 3.19. The molecule has 1 aromatic carbocycles. The molecule has 132 valence electrons. The van der Waals surface area contributed by atoms with Crippen LogP contribution in [0.1, 0.15) is 48.3 Å². The highest BCUT2D eigenvalue weighted by atomic mass is 35.5. The van der Waals surface area contributed by atoms with Crippen LogP contribution in [0.4, 0.5) is 4.39 Å². The quantitative estimate of drug-likeness (QED) is 0.839. The van der Waals surface area contributed by atoms with E-state index >= 15 is 0 Å². The fourth-order valence-electron chi connectivity index (χ4n) is 4.21. The van der Waals surface area contributed by atoms with Gasteiger partial charge in [-0.25, -0.2) is 4.39 Å². The van der Waals surface area contributed by atoms with Crippen LogP contribution in [0, 0.1) is 11.2 Å². The Bertz CT molecular complexity index is 817. The molecule has 1 unspecified atom stereocenters. The molecule has 1 atom stereocenters. The van der Waals surface area contributed by atoms with E-state index in [0.29, 0.717) is 18.7 Å². The second kappa shape index (κ2) is 6.09. The predicted molar refractivity (Wildman–Crippen MR) is 92.0 cm³/mol. The molecular formula is C18H20ClFN4O. The summed E-state index contributed by atoms with van der Waals surface area (Å²) >= 11 is 5.84. The van der Waals surface area contributed by atoms with Crippen LogP contribution in [0.2, 0.25) is 5.02 Å². The van der Waals surface area contributed by atoms with Gasteiger partial charge in [0.05, 0.1) is 5.02 Å². The van der Waals surface area contributed by atoms with Crippen molar-refractivity contribution >= 4 is 17.5 Å². The lowest BCUT2D eigenvalue weighted by Crippen LogP contribution is -2.38. The van der Waals surface area contributed by atoms with E-state index in [4.69, 9.17) is 11.6 Å². The first-order valence-corrected chi connectivity index (χ1v) is 9.04. The van der Waals surface area contributed by atoms with Crippen molar-refractivity contribution in [1.29, 1.82) is 0 Å². The molecule has 1 saturated heterocycles. The third-order valence-corrected chi connectivity index (χ3v) is 6.04. The monoisotopic (exact) mass is 362 g/mol. The number of hydrogen-bond donors (Lipinski definition) is 0. The van der Waals surface area contributed by atoms with E-state index in [-0.39, 0.29) is 22.3 Å². The first-order chi connectivity index (χ1) is 12.0. The number of benzene rings is 1. The molecule has 1 spiro atoms. The highest BCUT2D eigenvalue weighted by molar-refractivity contribution is 6.31. The van der Waals surface area contributed by atoms with Crippen LogP contribution in [0.5, 0.6) is 0 Å². The zero-order valence-electron chi connectivity index (χ0n) is 14.1. The molecule has 1 aromatic heterocycles. The number of likely N-dealkylation sites (tertiary alicyclic amines) is 1. The third-order valence-electron chi connectivity index (χ3n) is 5.75. The number of carbonyl (C=O) groups excluding carboxylic acids is 1. The van der Waals surface area contributed by atoms with Gasteiger partial charge in [0.2, 0.25) is 0 Å². The molecule has 0 radical (unpaired) electrons. The zero-order chi connectivity index (χ0) is 17.6. The van der Waals surface area contributed by atoms with Crippen LogP contribution in [0.3, 0.4) is 0 Å². The number of hydrogen-bond acceptors (Lipinski definition) is 3. The topological polar surface area (TPSA) is 51.0 Å². The molecular weight excluding hydrogens is 343 g/mol. The number of rotatable bonds is 3. The van der Waals surface area contributed by atoms with Crippen LogP contribution in [0.25, 0.3) is 0 Å². The standard InChI is InChI=1S/C18H20ClFN4O/c1-2-23-11-21-22-16(23)13-9-24(10-18(13)6-3-7-18)17(25)12-4-5-15(20)14(19)8-12/h4-5,8,11,13H,2-3,6-7,9-10H2,1H3. The van der Waals surface area contributed by atoms with Gasteiger partial charge in [-0.2, -0.15) is 0 Å². The maximum atomic E-state index is 13.4. The molecule has 2 heterocycles. The number of carbonyl (C=O) groups is 1. The van der Waals surface area contributed by atoms with Gasteiger partial charge in [-0.3, -0.25) is 4.79 Å². The Kier molecular flexibility index (Phi) is 4.02. The second-order valence-electron chi connectivity index (χ2n) is 7.06. The molecule has 1 amide bonds. The molecule has 0 N–H and O–H groups in total. The Hall–Kier alpha value is -1.95. The van der Waals surface area contributed by atoms with Gasteiger partial charge in [0, 0.05) is 31.1 Å². The van der Waals surface area contributed by atoms with Gasteiger partial charge >= 0.3 is 0 Å². The van der Waals surface area contributed by atoms with Crippen LogP contribution < -0.4 is 0 Å². The van der Waals surface area contributed by atoms with E-state index in [1.165, 1.54) is 24.6 Å². The van der Waals surface area contributed by atoms with E-state index in [2.05, 4.69) is 21.7 Å². The number of nitrogens with zero attached hydrogens (tertiary/aromatic N) is 4. The summed E-state index contributed by atoms with van der Waals surface area (Å²) in [5, 5.41) is 8.38. The Morgan fingerprint density at radius 3 is 2.88 bits per heavy atom. The summed E-state index contributed by atoms with van der Waals surface area (Å²) in [5.41, 5.74) is 0.526. The Labute approximate surface area is 150 Å². The average molecular weight is 363 g/mol. The second-order valence-corrected chi connectivity index (χ2v) is 7.47. The normalized spacial score (nSPS) is 21.6. The van der Waals surface area contributed by atoms with Crippen LogP contribution in [-0.2, 0) is 6.54 Å². The van der Waals surface area contributed by atoms with Crippen molar-refractivity contribution in [2.24, 2.45) is 5.41 Å². The van der Waals surface area contributed by atoms with Gasteiger partial charge in [0.1, 0.15) is 18.0 Å². The van der Waals surface area contributed by atoms with Gasteiger partial charge < -0.3 is 9.47 Å². The van der Waals surface area contributed by atoms with Crippen molar-refractivity contribution in [3.8, 4) is 0 Å². The molecule has 2 aliphatic rings. The molecule has 1 aliphatic heterocycles. The molecule has 2 fully saturated rings. The van der Waals surface area contributed by atoms with E-state index < -0.39 is 5.82 Å². The minimum Gasteiger partial charge on any atom is -0.337 e. The van der Waals surface area contributed by atoms with Crippen molar-refractivity contribution in [2.75, 3.05) is 13.1 Å². The van der Waals surface area contributed by atoms with Crippen LogP contribution in [-0.4, -0.2) is 38.7 Å². The number of amides is 1. The fourth-order valence-corrected chi connectivity index (χ4v) is 4.39. The van der Waals surface area contributed by atoms with Gasteiger partial charge in [0.15, 0.2) is 0 Å². The molecule has 25 heavy (non-hydrogen) atoms. The number of halogens is 2. The maximum absolute atomic E-state index is 13.4. The summed E-state index contributed by atoms with van der Waals surface area (Å²) < 4.78 is 15.4. The van der Waals surface area contributed by atoms with Crippen molar-refractivity contribution in [3.05, 3.63) is 46.8 Å². The lowest BCUT2D eigenvalue weighted by Gasteiger charge is -2.42. The molecule has 2 aromatic rings. The molecule has 4 rings (SSSR count). The molecule has 5 nitrogen and oxygen atoms in total. The summed E-state index contributed by atoms with van der Waals surface area (Å²) in [4.78, 5) is 14.8. The van der Waals surface area contributed by atoms with Crippen LogP contribution in [0.15, 0.2) is 24.5 Å². The van der Waals surface area contributed by atoms with Gasteiger partial charge in [-0.05, 0) is 43.4 Å². The van der Waals surface area contributed by atoms with Crippen molar-refractivity contribution in [1.82, 2.24) is 19.7 Å². The highest BCUT2D eigenvalue weighted by Gasteiger charge is 2.53. The molecule has 1 aliphatic carbocycles. The minimum atomic E-state index is -0.510. The Balaban J connectivity index is 1.62. The first kappa shape index (κ1) is 16.5. The third kappa shape index (κ3) is 2.63. The van der Waals surface area contributed by atoms with Crippen molar-refractivity contribution in [3.63, 3.8) is 0 Å². The van der Waals surface area contributed by atoms with E-state index in [1.807, 2.05) is 4.90 Å². The van der Waals surface area contributed by atoms with E-state index in [9.17, 15) is 9.18 Å². The SMILES string of the molecule is CCn1cnnc1C1CN(C(=O)c2ccc(F)c(Cl)c2)CC12CCC2. The largest absolute Gasteiger partial charge is 0.337 e. The number of aromatic nitrogens is 3. The molecule has 1 saturated carbocycles. The van der Waals surface area contributed by atoms with Gasteiger partial charge in [0.25, 0.3) is 5.91 Å². The summed E-state index contributed by atoms with van der Waals surface area (Å²) in [6.45, 7) is 4.21. The highest BCUT2D eigenvalue weighted by Crippen LogP contribution is 2.55. The maximum Gasteiger partial charge on any atom is 0.253 e. The summed E-state index contributed by atoms with van der Waals surface area (Å²) in [5.74, 6) is 0.556. The Morgan fingerprint density at radius 2 is 2.24 bits per heavy atom. The smallest absolute Gasteiger partial charge is 0.253 e. The van der Waals surface area contributed by atoms with Gasteiger partial charge in [-0.1, -0.05) is 18.0 Å². The lowest BCUT2D eigenvalue weighted by molar-refractivity contribution is 0.0723. The first-order valence-electron chi connectivity index (χ1n) is 8.66. The molecule has 7 heteroatoms. The zero-order valence-corrected chi connectivity index (χ0v) is 14.8. The van der Waals surface area contributed by atoms with Crippen LogP contribution >= 0.6 is 11.6 Å². The lowest BCUT2D eigenvalue weighted by atomic mass is 9.62. The minimum absolute atomic E-state index is 0.0225. The van der Waals surface area contributed by atoms with Crippen molar-refractivity contribution in [2.45, 2.75) is 38.6 Å². The summed E-state index contributed by atoms with van der Waals surface area (Å²) in [6, 6.07) is 4.16. The molecule has 0 bridgehead atoms. The summed E-state index contributed by atoms with van der Waals surface area (Å²) in [7, 11) is 0.